The lowest BCUT2D eigenvalue weighted by Crippen LogP contribution is -2.15. The van der Waals surface area contributed by atoms with Crippen molar-refractivity contribution in [3.8, 4) is 11.3 Å². The molecule has 0 radical (unpaired) electrons. The van der Waals surface area contributed by atoms with Gasteiger partial charge in [0.25, 0.3) is 10.0 Å². The van der Waals surface area contributed by atoms with Crippen molar-refractivity contribution < 1.29 is 26.4 Å². The number of alkyl halides is 3. The van der Waals surface area contributed by atoms with Crippen LogP contribution in [0.25, 0.3) is 11.3 Å². The molecule has 0 aliphatic heterocycles. The lowest BCUT2D eigenvalue weighted by Gasteiger charge is -2.15. The van der Waals surface area contributed by atoms with Crippen molar-refractivity contribution in [2.75, 3.05) is 0 Å². The summed E-state index contributed by atoms with van der Waals surface area (Å²) in [5.74, 6) is 0. The molecule has 1 aromatic heterocycles. The number of carbonyl (C=O) groups is 1. The molecule has 0 spiro atoms. The van der Waals surface area contributed by atoms with Gasteiger partial charge in [0.2, 0.25) is 0 Å². The Balaban J connectivity index is 2.28. The predicted molar refractivity (Wildman–Crippen MR) is 94.0 cm³/mol. The van der Waals surface area contributed by atoms with Crippen molar-refractivity contribution in [2.24, 2.45) is 0 Å². The van der Waals surface area contributed by atoms with Gasteiger partial charge < -0.3 is 0 Å². The first-order valence-corrected chi connectivity index (χ1v) is 9.25. The van der Waals surface area contributed by atoms with Crippen molar-refractivity contribution in [1.82, 2.24) is 3.97 Å². The number of hydrogen-bond donors (Lipinski definition) is 0. The molecule has 2 aromatic carbocycles. The van der Waals surface area contributed by atoms with E-state index in [-0.39, 0.29) is 21.7 Å². The minimum absolute atomic E-state index is 0.0438. The molecular formula is C19H14F3NO3S. The molecule has 0 aliphatic rings. The van der Waals surface area contributed by atoms with Gasteiger partial charge in [0.1, 0.15) is 0 Å². The van der Waals surface area contributed by atoms with Gasteiger partial charge in [-0.25, -0.2) is 12.4 Å². The monoisotopic (exact) mass is 393 g/mol. The number of hydrogen-bond acceptors (Lipinski definition) is 3. The van der Waals surface area contributed by atoms with E-state index in [9.17, 15) is 26.4 Å². The summed E-state index contributed by atoms with van der Waals surface area (Å²) < 4.78 is 66.9. The van der Waals surface area contributed by atoms with Gasteiger partial charge in [-0.15, -0.1) is 0 Å². The lowest BCUT2D eigenvalue weighted by molar-refractivity contribution is -0.137. The molecule has 27 heavy (non-hydrogen) atoms. The maximum absolute atomic E-state index is 13.4. The van der Waals surface area contributed by atoms with Crippen LogP contribution in [0, 0.1) is 6.92 Å². The van der Waals surface area contributed by atoms with Crippen LogP contribution in [0.3, 0.4) is 0 Å². The average Bonchev–Trinajstić information content (AvgIpc) is 3.06. The second-order valence-corrected chi connectivity index (χ2v) is 7.75. The third-order valence-electron chi connectivity index (χ3n) is 4.03. The molecule has 140 valence electrons. The summed E-state index contributed by atoms with van der Waals surface area (Å²) in [5.41, 5.74) is -0.754. The van der Waals surface area contributed by atoms with Crippen molar-refractivity contribution in [1.29, 1.82) is 0 Å². The van der Waals surface area contributed by atoms with E-state index in [1.807, 2.05) is 0 Å². The number of benzene rings is 2. The Labute approximate surface area is 153 Å². The first-order chi connectivity index (χ1) is 12.6. The Morgan fingerprint density at radius 2 is 1.63 bits per heavy atom. The summed E-state index contributed by atoms with van der Waals surface area (Å²) in [4.78, 5) is 11.1. The van der Waals surface area contributed by atoms with E-state index in [0.29, 0.717) is 10.3 Å². The van der Waals surface area contributed by atoms with Crippen LogP contribution in [0.15, 0.2) is 65.7 Å². The Kier molecular flexibility index (Phi) is 4.69. The zero-order chi connectivity index (χ0) is 19.8. The highest BCUT2D eigenvalue weighted by Gasteiger charge is 2.35. The number of carbonyl (C=O) groups excluding carboxylic acids is 1. The second-order valence-electron chi connectivity index (χ2n) is 5.93. The molecular weight excluding hydrogens is 379 g/mol. The Hall–Kier alpha value is -2.87. The van der Waals surface area contributed by atoms with Crippen LogP contribution in [-0.4, -0.2) is 18.7 Å². The Morgan fingerprint density at radius 3 is 2.22 bits per heavy atom. The summed E-state index contributed by atoms with van der Waals surface area (Å²) >= 11 is 0. The van der Waals surface area contributed by atoms with Crippen LogP contribution in [0.1, 0.15) is 21.5 Å². The fourth-order valence-electron chi connectivity index (χ4n) is 2.70. The number of nitrogens with zero attached hydrogens (tertiary/aromatic N) is 1. The van der Waals surface area contributed by atoms with Gasteiger partial charge in [-0.3, -0.25) is 4.79 Å². The lowest BCUT2D eigenvalue weighted by atomic mass is 10.0. The zero-order valence-electron chi connectivity index (χ0n) is 14.1. The number of aromatic nitrogens is 1. The first-order valence-electron chi connectivity index (χ1n) is 7.81. The van der Waals surface area contributed by atoms with E-state index in [1.165, 1.54) is 30.3 Å². The quantitative estimate of drug-likeness (QED) is 0.612. The van der Waals surface area contributed by atoms with E-state index in [4.69, 9.17) is 0 Å². The summed E-state index contributed by atoms with van der Waals surface area (Å²) in [6.45, 7) is 1.78. The molecule has 0 bridgehead atoms. The largest absolute Gasteiger partial charge is 0.417 e. The van der Waals surface area contributed by atoms with E-state index in [2.05, 4.69) is 0 Å². The molecule has 3 rings (SSSR count). The van der Waals surface area contributed by atoms with E-state index >= 15 is 0 Å². The first kappa shape index (κ1) is 18.9. The van der Waals surface area contributed by atoms with Gasteiger partial charge >= 0.3 is 6.18 Å². The SMILES string of the molecule is Cc1ccc(S(=O)(=O)n2cc(C=O)cc2-c2ccccc2C(F)(F)F)cc1. The number of halogens is 3. The van der Waals surface area contributed by atoms with E-state index in [0.717, 1.165) is 23.9 Å². The van der Waals surface area contributed by atoms with Crippen LogP contribution in [-0.2, 0) is 16.2 Å². The van der Waals surface area contributed by atoms with Crippen molar-refractivity contribution in [3.63, 3.8) is 0 Å². The van der Waals surface area contributed by atoms with Gasteiger partial charge in [0.15, 0.2) is 6.29 Å². The molecule has 0 unspecified atom stereocenters. The molecule has 0 N–H and O–H groups in total. The summed E-state index contributed by atoms with van der Waals surface area (Å²) in [6, 6.07) is 11.7. The number of aryl methyl sites for hydroxylation is 1. The molecule has 0 fully saturated rings. The van der Waals surface area contributed by atoms with Gasteiger partial charge in [0.05, 0.1) is 16.2 Å². The van der Waals surface area contributed by atoms with Crippen LogP contribution < -0.4 is 0 Å². The van der Waals surface area contributed by atoms with Gasteiger partial charge in [-0.2, -0.15) is 13.2 Å². The Bertz CT molecular complexity index is 1100. The van der Waals surface area contributed by atoms with Crippen LogP contribution in [0.4, 0.5) is 13.2 Å². The second kappa shape index (κ2) is 6.70. The molecule has 4 nitrogen and oxygen atoms in total. The minimum Gasteiger partial charge on any atom is -0.298 e. The smallest absolute Gasteiger partial charge is 0.298 e. The highest BCUT2D eigenvalue weighted by atomic mass is 32.2. The third kappa shape index (κ3) is 3.52. The molecule has 0 aliphatic carbocycles. The molecule has 1 heterocycles. The molecule has 0 saturated heterocycles. The maximum Gasteiger partial charge on any atom is 0.417 e. The average molecular weight is 393 g/mol. The Morgan fingerprint density at radius 1 is 1.00 bits per heavy atom. The van der Waals surface area contributed by atoms with Gasteiger partial charge in [-0.1, -0.05) is 35.9 Å². The molecule has 0 amide bonds. The molecule has 8 heteroatoms. The normalized spacial score (nSPS) is 12.1. The third-order valence-corrected chi connectivity index (χ3v) is 5.72. The summed E-state index contributed by atoms with van der Waals surface area (Å²) in [6.07, 6.45) is -3.27. The predicted octanol–water partition coefficient (Wildman–Crippen LogP) is 4.53. The highest BCUT2D eigenvalue weighted by Crippen LogP contribution is 2.38. The van der Waals surface area contributed by atoms with Gasteiger partial charge in [-0.05, 0) is 31.2 Å². The van der Waals surface area contributed by atoms with E-state index < -0.39 is 21.8 Å². The number of aldehydes is 1. The van der Waals surface area contributed by atoms with Crippen LogP contribution in [0.2, 0.25) is 0 Å². The topological polar surface area (TPSA) is 56.1 Å². The zero-order valence-corrected chi connectivity index (χ0v) is 14.9. The molecule has 0 saturated carbocycles. The van der Waals surface area contributed by atoms with E-state index in [1.54, 1.807) is 19.1 Å². The fraction of sp³-hybridized carbons (Fsp3) is 0.105. The van der Waals surface area contributed by atoms with Crippen molar-refractivity contribution >= 4 is 16.3 Å². The number of rotatable bonds is 4. The standard InChI is InChI=1S/C19H14F3NO3S/c1-13-6-8-15(9-7-13)27(25,26)23-11-14(12-24)10-18(23)16-4-2-3-5-17(16)19(20,21)22/h2-12H,1H3. The van der Waals surface area contributed by atoms with Crippen LogP contribution in [0.5, 0.6) is 0 Å². The highest BCUT2D eigenvalue weighted by molar-refractivity contribution is 7.90. The maximum atomic E-state index is 13.4. The minimum atomic E-state index is -4.68. The summed E-state index contributed by atoms with van der Waals surface area (Å²) in [5, 5.41) is 0. The summed E-state index contributed by atoms with van der Waals surface area (Å²) in [7, 11) is -4.20. The van der Waals surface area contributed by atoms with Gasteiger partial charge in [0, 0.05) is 17.3 Å². The fourth-order valence-corrected chi connectivity index (χ4v) is 4.08. The van der Waals surface area contributed by atoms with Crippen molar-refractivity contribution in [2.45, 2.75) is 18.0 Å². The molecule has 3 aromatic rings. The molecule has 0 atom stereocenters. The van der Waals surface area contributed by atoms with Crippen LogP contribution >= 0.6 is 0 Å². The van der Waals surface area contributed by atoms with Crippen molar-refractivity contribution in [3.05, 3.63) is 77.5 Å².